The van der Waals surface area contributed by atoms with E-state index >= 15 is 0 Å². The molecule has 0 atom stereocenters. The Hall–Kier alpha value is -1.41. The Labute approximate surface area is 138 Å². The van der Waals surface area contributed by atoms with Gasteiger partial charge < -0.3 is 10.2 Å². The van der Waals surface area contributed by atoms with Crippen LogP contribution in [0.25, 0.3) is 0 Å². The summed E-state index contributed by atoms with van der Waals surface area (Å²) in [4.78, 5) is 11.7. The van der Waals surface area contributed by atoms with E-state index in [2.05, 4.69) is 24.1 Å². The fraction of sp³-hybridized carbons (Fsp3) is 0.733. The summed E-state index contributed by atoms with van der Waals surface area (Å²) < 4.78 is 25.2. The highest BCUT2D eigenvalue weighted by Crippen LogP contribution is 2.29. The van der Waals surface area contributed by atoms with Gasteiger partial charge in [-0.1, -0.05) is 0 Å². The van der Waals surface area contributed by atoms with Crippen LogP contribution in [-0.4, -0.2) is 54.6 Å². The maximum atomic E-state index is 11.9. The van der Waals surface area contributed by atoms with E-state index in [9.17, 15) is 8.42 Å². The molecule has 0 saturated carbocycles. The van der Waals surface area contributed by atoms with Crippen molar-refractivity contribution in [3.8, 4) is 0 Å². The molecule has 0 aromatic carbocycles. The van der Waals surface area contributed by atoms with Gasteiger partial charge in [-0.15, -0.1) is 0 Å². The third-order valence-corrected chi connectivity index (χ3v) is 5.55. The SMILES string of the molecule is CC(C)Nc1nc(N2CCCC2)nc2c1CN(S(C)(=O)=O)CC2. The number of sulfonamides is 1. The van der Waals surface area contributed by atoms with Gasteiger partial charge in [-0.05, 0) is 26.7 Å². The molecule has 1 aromatic heterocycles. The molecular formula is C15H25N5O2S. The molecule has 1 fully saturated rings. The Bertz CT molecular complexity index is 683. The lowest BCUT2D eigenvalue weighted by Crippen LogP contribution is -2.37. The van der Waals surface area contributed by atoms with Crippen molar-refractivity contribution in [3.05, 3.63) is 11.3 Å². The van der Waals surface area contributed by atoms with E-state index in [4.69, 9.17) is 9.97 Å². The predicted molar refractivity (Wildman–Crippen MR) is 91.2 cm³/mol. The Morgan fingerprint density at radius 3 is 2.43 bits per heavy atom. The number of hydrogen-bond donors (Lipinski definition) is 1. The molecule has 0 radical (unpaired) electrons. The number of anilines is 2. The van der Waals surface area contributed by atoms with Gasteiger partial charge in [0.15, 0.2) is 0 Å². The molecule has 2 aliphatic rings. The monoisotopic (exact) mass is 339 g/mol. The third kappa shape index (κ3) is 3.58. The Kier molecular flexibility index (Phi) is 4.46. The van der Waals surface area contributed by atoms with Crippen LogP contribution in [0.1, 0.15) is 37.9 Å². The molecule has 2 aliphatic heterocycles. The van der Waals surface area contributed by atoms with Gasteiger partial charge in [-0.2, -0.15) is 9.29 Å². The summed E-state index contributed by atoms with van der Waals surface area (Å²) in [5.74, 6) is 1.55. The van der Waals surface area contributed by atoms with Crippen LogP contribution in [0, 0.1) is 0 Å². The van der Waals surface area contributed by atoms with Crippen molar-refractivity contribution in [2.45, 2.75) is 45.7 Å². The molecule has 0 amide bonds. The fourth-order valence-corrected chi connectivity index (χ4v) is 3.90. The quantitative estimate of drug-likeness (QED) is 0.888. The first-order valence-electron chi connectivity index (χ1n) is 8.21. The highest BCUT2D eigenvalue weighted by molar-refractivity contribution is 7.88. The number of hydrogen-bond acceptors (Lipinski definition) is 6. The zero-order chi connectivity index (χ0) is 16.6. The van der Waals surface area contributed by atoms with Crippen molar-refractivity contribution < 1.29 is 8.42 Å². The van der Waals surface area contributed by atoms with E-state index in [0.29, 0.717) is 19.5 Å². The summed E-state index contributed by atoms with van der Waals surface area (Å²) in [7, 11) is -3.20. The number of nitrogens with zero attached hydrogens (tertiary/aromatic N) is 4. The van der Waals surface area contributed by atoms with Crippen LogP contribution in [0.15, 0.2) is 0 Å². The van der Waals surface area contributed by atoms with Crippen molar-refractivity contribution in [2.75, 3.05) is 36.1 Å². The Morgan fingerprint density at radius 1 is 1.13 bits per heavy atom. The van der Waals surface area contributed by atoms with E-state index < -0.39 is 10.0 Å². The molecule has 0 unspecified atom stereocenters. The van der Waals surface area contributed by atoms with Crippen LogP contribution in [0.5, 0.6) is 0 Å². The summed E-state index contributed by atoms with van der Waals surface area (Å²) in [6.07, 6.45) is 4.25. The van der Waals surface area contributed by atoms with Gasteiger partial charge in [0.05, 0.1) is 11.9 Å². The van der Waals surface area contributed by atoms with E-state index in [1.54, 1.807) is 0 Å². The zero-order valence-corrected chi connectivity index (χ0v) is 14.9. The second kappa shape index (κ2) is 6.24. The van der Waals surface area contributed by atoms with Crippen molar-refractivity contribution in [1.29, 1.82) is 0 Å². The second-order valence-electron chi connectivity index (χ2n) is 6.64. The van der Waals surface area contributed by atoms with Gasteiger partial charge >= 0.3 is 0 Å². The molecule has 1 aromatic rings. The van der Waals surface area contributed by atoms with Crippen molar-refractivity contribution in [1.82, 2.24) is 14.3 Å². The van der Waals surface area contributed by atoms with Crippen molar-refractivity contribution in [3.63, 3.8) is 0 Å². The molecule has 3 heterocycles. The molecule has 8 heteroatoms. The van der Waals surface area contributed by atoms with Crippen LogP contribution < -0.4 is 10.2 Å². The Morgan fingerprint density at radius 2 is 1.83 bits per heavy atom. The third-order valence-electron chi connectivity index (χ3n) is 4.30. The summed E-state index contributed by atoms with van der Waals surface area (Å²) in [5.41, 5.74) is 1.89. The summed E-state index contributed by atoms with van der Waals surface area (Å²) in [5, 5.41) is 3.37. The molecule has 1 saturated heterocycles. The normalized spacial score (nSPS) is 19.2. The topological polar surface area (TPSA) is 78.4 Å². The first-order valence-corrected chi connectivity index (χ1v) is 10.1. The lowest BCUT2D eigenvalue weighted by molar-refractivity contribution is 0.391. The lowest BCUT2D eigenvalue weighted by Gasteiger charge is -2.29. The first-order chi connectivity index (χ1) is 10.8. The number of nitrogens with one attached hydrogen (secondary N) is 1. The molecule has 7 nitrogen and oxygen atoms in total. The highest BCUT2D eigenvalue weighted by atomic mass is 32.2. The average molecular weight is 339 g/mol. The Balaban J connectivity index is 1.98. The van der Waals surface area contributed by atoms with Gasteiger partial charge in [-0.25, -0.2) is 13.4 Å². The van der Waals surface area contributed by atoms with Crippen molar-refractivity contribution >= 4 is 21.8 Å². The van der Waals surface area contributed by atoms with Crippen LogP contribution in [0.4, 0.5) is 11.8 Å². The number of aromatic nitrogens is 2. The minimum absolute atomic E-state index is 0.231. The van der Waals surface area contributed by atoms with Gasteiger partial charge in [0.2, 0.25) is 16.0 Å². The lowest BCUT2D eigenvalue weighted by atomic mass is 10.1. The summed E-state index contributed by atoms with van der Waals surface area (Å²) in [6.45, 7) is 6.94. The zero-order valence-electron chi connectivity index (χ0n) is 14.0. The smallest absolute Gasteiger partial charge is 0.227 e. The molecular weight excluding hydrogens is 314 g/mol. The first kappa shape index (κ1) is 16.4. The highest BCUT2D eigenvalue weighted by Gasteiger charge is 2.28. The summed E-state index contributed by atoms with van der Waals surface area (Å²) >= 11 is 0. The minimum atomic E-state index is -3.20. The van der Waals surface area contributed by atoms with E-state index in [1.165, 1.54) is 23.4 Å². The summed E-state index contributed by atoms with van der Waals surface area (Å²) in [6, 6.07) is 0.231. The van der Waals surface area contributed by atoms with E-state index in [-0.39, 0.29) is 6.04 Å². The largest absolute Gasteiger partial charge is 0.367 e. The number of fused-ring (bicyclic) bond motifs is 1. The van der Waals surface area contributed by atoms with Crippen molar-refractivity contribution in [2.24, 2.45) is 0 Å². The number of rotatable bonds is 4. The molecule has 0 spiro atoms. The molecule has 0 bridgehead atoms. The fourth-order valence-electron chi connectivity index (χ4n) is 3.11. The average Bonchev–Trinajstić information content (AvgIpc) is 2.99. The van der Waals surface area contributed by atoms with Gasteiger partial charge in [0, 0.05) is 44.2 Å². The molecule has 0 aliphatic carbocycles. The van der Waals surface area contributed by atoms with Crippen LogP contribution in [0.3, 0.4) is 0 Å². The molecule has 3 rings (SSSR count). The van der Waals surface area contributed by atoms with E-state index in [1.807, 2.05) is 0 Å². The second-order valence-corrected chi connectivity index (χ2v) is 8.62. The van der Waals surface area contributed by atoms with Gasteiger partial charge in [-0.3, -0.25) is 0 Å². The van der Waals surface area contributed by atoms with Crippen LogP contribution >= 0.6 is 0 Å². The maximum absolute atomic E-state index is 11.9. The molecule has 1 N–H and O–H groups in total. The van der Waals surface area contributed by atoms with Gasteiger partial charge in [0.1, 0.15) is 5.82 Å². The van der Waals surface area contributed by atoms with Crippen LogP contribution in [-0.2, 0) is 23.0 Å². The maximum Gasteiger partial charge on any atom is 0.227 e. The van der Waals surface area contributed by atoms with Gasteiger partial charge in [0.25, 0.3) is 0 Å². The predicted octanol–water partition coefficient (Wildman–Crippen LogP) is 1.21. The van der Waals surface area contributed by atoms with Crippen LogP contribution in [0.2, 0.25) is 0 Å². The molecule has 23 heavy (non-hydrogen) atoms. The van der Waals surface area contributed by atoms with E-state index in [0.717, 1.165) is 36.1 Å². The standard InChI is InChI=1S/C15H25N5O2S/c1-11(2)16-14-12-10-20(23(3,21)22)9-6-13(12)17-15(18-14)19-7-4-5-8-19/h11H,4-10H2,1-3H3,(H,16,17,18). The molecule has 128 valence electrons. The minimum Gasteiger partial charge on any atom is -0.367 e.